The third kappa shape index (κ3) is 3.11. The molecule has 0 N–H and O–H groups in total. The molecule has 140 valence electrons. The van der Waals surface area contributed by atoms with Crippen LogP contribution in [0.25, 0.3) is 39.4 Å². The Kier molecular flexibility index (Phi) is 4.21. The van der Waals surface area contributed by atoms with Crippen LogP contribution in [0.15, 0.2) is 77.3 Å². The molecule has 3 aromatic carbocycles. The summed E-state index contributed by atoms with van der Waals surface area (Å²) < 4.78 is 2.95. The van der Waals surface area contributed by atoms with Crippen molar-refractivity contribution in [1.29, 1.82) is 0 Å². The van der Waals surface area contributed by atoms with Gasteiger partial charge in [0.15, 0.2) is 17.1 Å². The fourth-order valence-electron chi connectivity index (χ4n) is 3.37. The standard InChI is InChI=1S/C23H15BrN4O/c1-14(29)15-9-11-18(12-10-15)28-22(16-5-4-6-17(24)13-16)27-21-23(28)26-20-8-3-2-7-19(20)25-21/h2-13H,1H3. The number of para-hydroxylation sites is 2. The zero-order chi connectivity index (χ0) is 20.0. The molecule has 0 saturated carbocycles. The maximum absolute atomic E-state index is 11.7. The van der Waals surface area contributed by atoms with Crippen LogP contribution in [-0.2, 0) is 0 Å². The van der Waals surface area contributed by atoms with Gasteiger partial charge in [0.25, 0.3) is 0 Å². The summed E-state index contributed by atoms with van der Waals surface area (Å²) in [5.41, 5.74) is 5.35. The minimum atomic E-state index is 0.0324. The first-order chi connectivity index (χ1) is 14.1. The van der Waals surface area contributed by atoms with Gasteiger partial charge >= 0.3 is 0 Å². The quantitative estimate of drug-likeness (QED) is 0.341. The molecule has 2 aromatic heterocycles. The summed E-state index contributed by atoms with van der Waals surface area (Å²) >= 11 is 3.54. The number of halogens is 1. The highest BCUT2D eigenvalue weighted by Crippen LogP contribution is 2.29. The van der Waals surface area contributed by atoms with E-state index in [1.165, 1.54) is 0 Å². The fraction of sp³-hybridized carbons (Fsp3) is 0.0435. The molecule has 5 nitrogen and oxygen atoms in total. The van der Waals surface area contributed by atoms with Crippen molar-refractivity contribution in [3.8, 4) is 17.1 Å². The molecule has 0 fully saturated rings. The fourth-order valence-corrected chi connectivity index (χ4v) is 3.77. The second-order valence-corrected chi connectivity index (χ2v) is 7.66. The van der Waals surface area contributed by atoms with E-state index in [0.29, 0.717) is 16.9 Å². The highest BCUT2D eigenvalue weighted by molar-refractivity contribution is 9.10. The lowest BCUT2D eigenvalue weighted by Gasteiger charge is -2.10. The van der Waals surface area contributed by atoms with Crippen molar-refractivity contribution >= 4 is 44.0 Å². The monoisotopic (exact) mass is 442 g/mol. The summed E-state index contributed by atoms with van der Waals surface area (Å²) in [7, 11) is 0. The summed E-state index contributed by atoms with van der Waals surface area (Å²) in [6, 6.07) is 23.2. The van der Waals surface area contributed by atoms with E-state index in [0.717, 1.165) is 32.6 Å². The van der Waals surface area contributed by atoms with Crippen LogP contribution in [0.4, 0.5) is 0 Å². The van der Waals surface area contributed by atoms with E-state index >= 15 is 0 Å². The SMILES string of the molecule is CC(=O)c1ccc(-n2c(-c3cccc(Br)c3)nc3nc4ccccc4nc32)cc1. The summed E-state index contributed by atoms with van der Waals surface area (Å²) in [5.74, 6) is 0.775. The molecule has 0 radical (unpaired) electrons. The van der Waals surface area contributed by atoms with Crippen molar-refractivity contribution in [1.82, 2.24) is 19.5 Å². The highest BCUT2D eigenvalue weighted by Gasteiger charge is 2.18. The summed E-state index contributed by atoms with van der Waals surface area (Å²) in [6.07, 6.45) is 0. The van der Waals surface area contributed by atoms with E-state index in [-0.39, 0.29) is 5.78 Å². The average Bonchev–Trinajstić information content (AvgIpc) is 3.10. The number of benzene rings is 3. The van der Waals surface area contributed by atoms with Gasteiger partial charge in [0.1, 0.15) is 5.82 Å². The molecule has 0 saturated heterocycles. The predicted octanol–water partition coefficient (Wildman–Crippen LogP) is 5.60. The Bertz CT molecular complexity index is 1390. The summed E-state index contributed by atoms with van der Waals surface area (Å²) in [6.45, 7) is 1.56. The highest BCUT2D eigenvalue weighted by atomic mass is 79.9. The number of hydrogen-bond donors (Lipinski definition) is 0. The largest absolute Gasteiger partial charge is 0.295 e. The Morgan fingerprint density at radius 1 is 0.862 bits per heavy atom. The van der Waals surface area contributed by atoms with Crippen molar-refractivity contribution in [2.45, 2.75) is 6.92 Å². The van der Waals surface area contributed by atoms with Crippen molar-refractivity contribution in [2.75, 3.05) is 0 Å². The van der Waals surface area contributed by atoms with E-state index < -0.39 is 0 Å². The van der Waals surface area contributed by atoms with Gasteiger partial charge in [-0.25, -0.2) is 15.0 Å². The van der Waals surface area contributed by atoms with Crippen molar-refractivity contribution in [2.24, 2.45) is 0 Å². The molecule has 29 heavy (non-hydrogen) atoms. The summed E-state index contributed by atoms with van der Waals surface area (Å²) in [4.78, 5) is 26.0. The van der Waals surface area contributed by atoms with Gasteiger partial charge < -0.3 is 0 Å². The number of imidazole rings is 1. The second-order valence-electron chi connectivity index (χ2n) is 6.74. The van der Waals surface area contributed by atoms with E-state index in [2.05, 4.69) is 15.9 Å². The van der Waals surface area contributed by atoms with E-state index in [1.807, 2.05) is 77.4 Å². The van der Waals surface area contributed by atoms with Gasteiger partial charge in [0, 0.05) is 21.3 Å². The Morgan fingerprint density at radius 3 is 2.28 bits per heavy atom. The Labute approximate surface area is 175 Å². The Hall–Kier alpha value is -3.38. The number of aromatic nitrogens is 4. The van der Waals surface area contributed by atoms with Gasteiger partial charge in [-0.15, -0.1) is 0 Å². The van der Waals surface area contributed by atoms with Gasteiger partial charge in [-0.3, -0.25) is 9.36 Å². The number of Topliss-reactive ketones (excluding diaryl/α,β-unsaturated/α-hetero) is 1. The van der Waals surface area contributed by atoms with Gasteiger partial charge in [-0.05, 0) is 55.5 Å². The lowest BCUT2D eigenvalue weighted by Crippen LogP contribution is -2.00. The van der Waals surface area contributed by atoms with Crippen LogP contribution in [-0.4, -0.2) is 25.3 Å². The number of carbonyl (C=O) groups excluding carboxylic acids is 1. The van der Waals surface area contributed by atoms with Crippen molar-refractivity contribution < 1.29 is 4.79 Å². The van der Waals surface area contributed by atoms with Crippen LogP contribution < -0.4 is 0 Å². The lowest BCUT2D eigenvalue weighted by atomic mass is 10.1. The van der Waals surface area contributed by atoms with Gasteiger partial charge in [-0.1, -0.05) is 40.2 Å². The Morgan fingerprint density at radius 2 is 1.59 bits per heavy atom. The molecule has 5 aromatic rings. The molecule has 2 heterocycles. The predicted molar refractivity (Wildman–Crippen MR) is 117 cm³/mol. The molecule has 0 spiro atoms. The third-order valence-electron chi connectivity index (χ3n) is 4.78. The maximum atomic E-state index is 11.7. The average molecular weight is 443 g/mol. The normalized spacial score (nSPS) is 11.2. The van der Waals surface area contributed by atoms with E-state index in [1.54, 1.807) is 6.92 Å². The first-order valence-electron chi connectivity index (χ1n) is 9.13. The molecule has 0 atom stereocenters. The molecule has 0 aliphatic carbocycles. The third-order valence-corrected chi connectivity index (χ3v) is 5.28. The summed E-state index contributed by atoms with van der Waals surface area (Å²) in [5, 5.41) is 0. The first-order valence-corrected chi connectivity index (χ1v) is 9.92. The number of carbonyl (C=O) groups is 1. The first kappa shape index (κ1) is 17.7. The van der Waals surface area contributed by atoms with Crippen LogP contribution in [0.5, 0.6) is 0 Å². The van der Waals surface area contributed by atoms with Gasteiger partial charge in [0.2, 0.25) is 0 Å². The number of fused-ring (bicyclic) bond motifs is 2. The van der Waals surface area contributed by atoms with Crippen molar-refractivity contribution in [3.63, 3.8) is 0 Å². The van der Waals surface area contributed by atoms with Crippen LogP contribution in [0.1, 0.15) is 17.3 Å². The molecular weight excluding hydrogens is 428 g/mol. The lowest BCUT2D eigenvalue weighted by molar-refractivity contribution is 0.101. The van der Waals surface area contributed by atoms with Gasteiger partial charge in [0.05, 0.1) is 11.0 Å². The van der Waals surface area contributed by atoms with E-state index in [4.69, 9.17) is 15.0 Å². The molecule has 0 aliphatic rings. The van der Waals surface area contributed by atoms with Crippen LogP contribution in [0.2, 0.25) is 0 Å². The zero-order valence-corrected chi connectivity index (χ0v) is 17.1. The van der Waals surface area contributed by atoms with Crippen LogP contribution >= 0.6 is 15.9 Å². The number of hydrogen-bond acceptors (Lipinski definition) is 4. The number of nitrogens with zero attached hydrogens (tertiary/aromatic N) is 4. The molecule has 0 bridgehead atoms. The molecule has 0 aliphatic heterocycles. The molecule has 0 amide bonds. The topological polar surface area (TPSA) is 60.7 Å². The molecule has 6 heteroatoms. The molecular formula is C23H15BrN4O. The molecule has 5 rings (SSSR count). The van der Waals surface area contributed by atoms with Crippen molar-refractivity contribution in [3.05, 3.63) is 82.8 Å². The van der Waals surface area contributed by atoms with Gasteiger partial charge in [-0.2, -0.15) is 0 Å². The minimum absolute atomic E-state index is 0.0324. The van der Waals surface area contributed by atoms with E-state index in [9.17, 15) is 4.79 Å². The zero-order valence-electron chi connectivity index (χ0n) is 15.5. The van der Waals surface area contributed by atoms with Crippen LogP contribution in [0.3, 0.4) is 0 Å². The Balaban J connectivity index is 1.83. The maximum Gasteiger partial charge on any atom is 0.199 e. The second kappa shape index (κ2) is 6.90. The number of ketones is 1. The molecule has 0 unspecified atom stereocenters. The number of rotatable bonds is 3. The smallest absolute Gasteiger partial charge is 0.199 e. The minimum Gasteiger partial charge on any atom is -0.295 e. The van der Waals surface area contributed by atoms with Crippen LogP contribution in [0, 0.1) is 0 Å².